The van der Waals surface area contributed by atoms with Crippen molar-refractivity contribution in [2.75, 3.05) is 31.5 Å². The highest BCUT2D eigenvalue weighted by Gasteiger charge is 1.99. The first-order valence-electron chi connectivity index (χ1n) is 6.58. The molecule has 0 amide bonds. The lowest BCUT2D eigenvalue weighted by Gasteiger charge is -2.17. The van der Waals surface area contributed by atoms with Crippen LogP contribution in [0.5, 0.6) is 0 Å². The Bertz CT molecular complexity index is 310. The lowest BCUT2D eigenvalue weighted by Crippen LogP contribution is -2.25. The molecule has 96 valence electrons. The van der Waals surface area contributed by atoms with Crippen LogP contribution in [-0.2, 0) is 6.42 Å². The molecule has 0 radical (unpaired) electrons. The van der Waals surface area contributed by atoms with Crippen LogP contribution in [0, 0.1) is 0 Å². The number of hydrogen-bond acceptors (Lipinski definition) is 4. The van der Waals surface area contributed by atoms with Crippen molar-refractivity contribution in [1.29, 1.82) is 0 Å². The van der Waals surface area contributed by atoms with E-state index in [0.29, 0.717) is 0 Å². The Morgan fingerprint density at radius 2 is 2.00 bits per heavy atom. The van der Waals surface area contributed by atoms with Crippen molar-refractivity contribution in [2.24, 2.45) is 0 Å². The molecule has 0 aliphatic carbocycles. The third kappa shape index (κ3) is 5.13. The number of anilines is 1. The van der Waals surface area contributed by atoms with E-state index in [0.717, 1.165) is 50.7 Å². The van der Waals surface area contributed by atoms with Crippen molar-refractivity contribution in [3.8, 4) is 0 Å². The fraction of sp³-hybridized carbons (Fsp3) is 0.692. The van der Waals surface area contributed by atoms with Gasteiger partial charge in [0.1, 0.15) is 11.6 Å². The molecular formula is C13H24N4. The van der Waals surface area contributed by atoms with Crippen LogP contribution in [-0.4, -0.2) is 41.0 Å². The van der Waals surface area contributed by atoms with E-state index in [-0.39, 0.29) is 0 Å². The maximum Gasteiger partial charge on any atom is 0.130 e. The maximum absolute atomic E-state index is 4.41. The zero-order chi connectivity index (χ0) is 12.5. The SMILES string of the molecule is CCc1nccc(NCCCN(CC)CC)n1. The normalized spacial score (nSPS) is 10.8. The van der Waals surface area contributed by atoms with Crippen LogP contribution in [0.25, 0.3) is 0 Å². The summed E-state index contributed by atoms with van der Waals surface area (Å²) in [6.07, 6.45) is 3.85. The third-order valence-electron chi connectivity index (χ3n) is 2.87. The maximum atomic E-state index is 4.41. The van der Waals surface area contributed by atoms with Gasteiger partial charge in [-0.3, -0.25) is 0 Å². The number of rotatable bonds is 8. The Balaban J connectivity index is 2.26. The lowest BCUT2D eigenvalue weighted by molar-refractivity contribution is 0.303. The van der Waals surface area contributed by atoms with Crippen LogP contribution < -0.4 is 5.32 Å². The van der Waals surface area contributed by atoms with Gasteiger partial charge in [0.2, 0.25) is 0 Å². The van der Waals surface area contributed by atoms with Crippen LogP contribution >= 0.6 is 0 Å². The largest absolute Gasteiger partial charge is 0.370 e. The van der Waals surface area contributed by atoms with Crippen LogP contribution in [0.3, 0.4) is 0 Å². The van der Waals surface area contributed by atoms with Gasteiger partial charge in [-0.05, 0) is 32.1 Å². The summed E-state index contributed by atoms with van der Waals surface area (Å²) < 4.78 is 0. The molecule has 0 unspecified atom stereocenters. The average molecular weight is 236 g/mol. The molecule has 1 heterocycles. The zero-order valence-electron chi connectivity index (χ0n) is 11.2. The first-order chi connectivity index (χ1) is 8.30. The minimum atomic E-state index is 0.884. The van der Waals surface area contributed by atoms with E-state index >= 15 is 0 Å². The van der Waals surface area contributed by atoms with E-state index < -0.39 is 0 Å². The summed E-state index contributed by atoms with van der Waals surface area (Å²) in [5.41, 5.74) is 0. The van der Waals surface area contributed by atoms with Crippen molar-refractivity contribution in [3.63, 3.8) is 0 Å². The molecule has 0 saturated carbocycles. The van der Waals surface area contributed by atoms with E-state index in [2.05, 4.69) is 41.0 Å². The molecule has 0 spiro atoms. The van der Waals surface area contributed by atoms with E-state index in [1.54, 1.807) is 0 Å². The second-order valence-electron chi connectivity index (χ2n) is 4.02. The molecule has 0 fully saturated rings. The molecule has 0 aliphatic rings. The van der Waals surface area contributed by atoms with Crippen molar-refractivity contribution in [2.45, 2.75) is 33.6 Å². The molecule has 0 atom stereocenters. The predicted octanol–water partition coefficient (Wildman–Crippen LogP) is 2.18. The summed E-state index contributed by atoms with van der Waals surface area (Å²) in [5.74, 6) is 1.84. The second kappa shape index (κ2) is 8.01. The van der Waals surface area contributed by atoms with Crippen molar-refractivity contribution in [3.05, 3.63) is 18.1 Å². The van der Waals surface area contributed by atoms with Crippen molar-refractivity contribution < 1.29 is 0 Å². The summed E-state index contributed by atoms with van der Waals surface area (Å²) >= 11 is 0. The molecule has 1 rings (SSSR count). The monoisotopic (exact) mass is 236 g/mol. The minimum Gasteiger partial charge on any atom is -0.370 e. The Morgan fingerprint density at radius 1 is 1.24 bits per heavy atom. The van der Waals surface area contributed by atoms with Crippen LogP contribution in [0.15, 0.2) is 12.3 Å². The van der Waals surface area contributed by atoms with Crippen molar-refractivity contribution in [1.82, 2.24) is 14.9 Å². The fourth-order valence-corrected chi connectivity index (χ4v) is 1.73. The average Bonchev–Trinajstić information content (AvgIpc) is 2.39. The number of aryl methyl sites for hydroxylation is 1. The number of hydrogen-bond donors (Lipinski definition) is 1. The van der Waals surface area contributed by atoms with E-state index in [1.807, 2.05) is 12.3 Å². The lowest BCUT2D eigenvalue weighted by atomic mass is 10.3. The second-order valence-corrected chi connectivity index (χ2v) is 4.02. The molecule has 0 saturated heterocycles. The number of aromatic nitrogens is 2. The highest BCUT2D eigenvalue weighted by atomic mass is 15.1. The van der Waals surface area contributed by atoms with Crippen molar-refractivity contribution >= 4 is 5.82 Å². The van der Waals surface area contributed by atoms with E-state index in [9.17, 15) is 0 Å². The van der Waals surface area contributed by atoms with Gasteiger partial charge in [0.25, 0.3) is 0 Å². The van der Waals surface area contributed by atoms with Gasteiger partial charge in [0, 0.05) is 19.2 Å². The molecule has 0 aliphatic heterocycles. The quantitative estimate of drug-likeness (QED) is 0.702. The van der Waals surface area contributed by atoms with Crippen LogP contribution in [0.2, 0.25) is 0 Å². The van der Waals surface area contributed by atoms with Gasteiger partial charge in [-0.15, -0.1) is 0 Å². The molecule has 0 bridgehead atoms. The van der Waals surface area contributed by atoms with Gasteiger partial charge >= 0.3 is 0 Å². The standard InChI is InChI=1S/C13H24N4/c1-4-12-15-10-8-13(16-12)14-9-7-11-17(5-2)6-3/h8,10H,4-7,9,11H2,1-3H3,(H,14,15,16). The fourth-order valence-electron chi connectivity index (χ4n) is 1.73. The van der Waals surface area contributed by atoms with Gasteiger partial charge < -0.3 is 10.2 Å². The molecule has 0 aromatic carbocycles. The summed E-state index contributed by atoms with van der Waals surface area (Å²) in [7, 11) is 0. The molecular weight excluding hydrogens is 212 g/mol. The summed E-state index contributed by atoms with van der Waals surface area (Å²) in [5, 5.41) is 3.35. The minimum absolute atomic E-state index is 0.884. The molecule has 1 aromatic rings. The zero-order valence-corrected chi connectivity index (χ0v) is 11.2. The first-order valence-corrected chi connectivity index (χ1v) is 6.58. The van der Waals surface area contributed by atoms with Gasteiger partial charge in [-0.2, -0.15) is 0 Å². The Kier molecular flexibility index (Phi) is 6.55. The molecule has 17 heavy (non-hydrogen) atoms. The Labute approximate surface area is 104 Å². The summed E-state index contributed by atoms with van der Waals surface area (Å²) in [6.45, 7) is 10.8. The molecule has 1 N–H and O–H groups in total. The number of nitrogens with zero attached hydrogens (tertiary/aromatic N) is 3. The topological polar surface area (TPSA) is 41.1 Å². The Hall–Kier alpha value is -1.16. The Morgan fingerprint density at radius 3 is 2.65 bits per heavy atom. The molecule has 4 heteroatoms. The van der Waals surface area contributed by atoms with Gasteiger partial charge in [0.05, 0.1) is 0 Å². The van der Waals surface area contributed by atoms with E-state index in [4.69, 9.17) is 0 Å². The van der Waals surface area contributed by atoms with E-state index in [1.165, 1.54) is 0 Å². The predicted molar refractivity (Wildman–Crippen MR) is 72.3 cm³/mol. The van der Waals surface area contributed by atoms with Crippen LogP contribution in [0.4, 0.5) is 5.82 Å². The first kappa shape index (κ1) is 13.9. The summed E-state index contributed by atoms with van der Waals surface area (Å²) in [6, 6.07) is 1.93. The highest BCUT2D eigenvalue weighted by molar-refractivity contribution is 5.32. The smallest absolute Gasteiger partial charge is 0.130 e. The van der Waals surface area contributed by atoms with Crippen LogP contribution in [0.1, 0.15) is 33.0 Å². The van der Waals surface area contributed by atoms with Gasteiger partial charge in [0.15, 0.2) is 0 Å². The third-order valence-corrected chi connectivity index (χ3v) is 2.87. The molecule has 1 aromatic heterocycles. The highest BCUT2D eigenvalue weighted by Crippen LogP contribution is 2.02. The van der Waals surface area contributed by atoms with Gasteiger partial charge in [-0.1, -0.05) is 20.8 Å². The summed E-state index contributed by atoms with van der Waals surface area (Å²) in [4.78, 5) is 11.0. The number of nitrogens with one attached hydrogen (secondary N) is 1. The molecule has 4 nitrogen and oxygen atoms in total. The van der Waals surface area contributed by atoms with Gasteiger partial charge in [-0.25, -0.2) is 9.97 Å².